The van der Waals surface area contributed by atoms with E-state index in [0.29, 0.717) is 22.1 Å². The fourth-order valence-electron chi connectivity index (χ4n) is 4.20. The molecule has 2 aromatic carbocycles. The Morgan fingerprint density at radius 2 is 2.09 bits per heavy atom. The number of aliphatic hydroxyl groups is 1. The molecule has 1 heterocycles. The second-order valence-electron chi connectivity index (χ2n) is 8.13. The van der Waals surface area contributed by atoms with Gasteiger partial charge in [0, 0.05) is 11.0 Å². The third-order valence-corrected chi connectivity index (χ3v) is 6.64. The number of amides is 1. The summed E-state index contributed by atoms with van der Waals surface area (Å²) in [7, 11) is 0. The van der Waals surface area contributed by atoms with Crippen molar-refractivity contribution in [3.8, 4) is 0 Å². The van der Waals surface area contributed by atoms with E-state index in [-0.39, 0.29) is 30.0 Å². The van der Waals surface area contributed by atoms with Crippen molar-refractivity contribution in [1.29, 1.82) is 0 Å². The van der Waals surface area contributed by atoms with Crippen molar-refractivity contribution in [2.24, 2.45) is 5.92 Å². The van der Waals surface area contributed by atoms with Crippen molar-refractivity contribution in [2.45, 2.75) is 38.6 Å². The van der Waals surface area contributed by atoms with Gasteiger partial charge in [-0.2, -0.15) is 0 Å². The van der Waals surface area contributed by atoms with E-state index in [9.17, 15) is 4.79 Å². The van der Waals surface area contributed by atoms with Gasteiger partial charge >= 0.3 is 0 Å². The number of anilines is 2. The average Bonchev–Trinajstić information content (AvgIpc) is 3.20. The molecule has 3 N–H and O–H groups in total. The number of carbonyl (C=O) groups excluding carboxylic acids is 1. The minimum absolute atomic E-state index is 0.0438. The molecule has 0 atom stereocenters. The minimum Gasteiger partial charge on any atom is -0.394 e. The fourth-order valence-corrected chi connectivity index (χ4v) is 4.92. The predicted molar refractivity (Wildman–Crippen MR) is 129 cm³/mol. The van der Waals surface area contributed by atoms with Crippen molar-refractivity contribution in [1.82, 2.24) is 15.0 Å². The quantitative estimate of drug-likeness (QED) is 0.257. The molecule has 1 aliphatic carbocycles. The maximum absolute atomic E-state index is 15.7. The highest BCUT2D eigenvalue weighted by atomic mass is 79.9. The normalized spacial score (nSPS) is 14.5. The molecule has 33 heavy (non-hydrogen) atoms. The van der Waals surface area contributed by atoms with Crippen LogP contribution in [0.5, 0.6) is 0 Å². The van der Waals surface area contributed by atoms with Gasteiger partial charge < -0.3 is 15.0 Å². The lowest BCUT2D eigenvalue weighted by Crippen LogP contribution is -2.26. The molecule has 0 unspecified atom stereocenters. The van der Waals surface area contributed by atoms with Gasteiger partial charge in [-0.3, -0.25) is 9.63 Å². The zero-order chi connectivity index (χ0) is 23.4. The number of hydrogen-bond acceptors (Lipinski definition) is 5. The van der Waals surface area contributed by atoms with Gasteiger partial charge in [0.05, 0.1) is 47.0 Å². The number of nitrogens with one attached hydrogen (secondary N) is 2. The number of fused-ring (bicyclic) bond motifs is 1. The van der Waals surface area contributed by atoms with Crippen LogP contribution in [0.15, 0.2) is 35.1 Å². The average molecular weight is 540 g/mol. The van der Waals surface area contributed by atoms with Gasteiger partial charge in [0.1, 0.15) is 5.52 Å². The van der Waals surface area contributed by atoms with E-state index >= 15 is 4.39 Å². The van der Waals surface area contributed by atoms with E-state index < -0.39 is 11.7 Å². The van der Waals surface area contributed by atoms with Crippen LogP contribution in [0.1, 0.15) is 42.5 Å². The number of halogens is 3. The molecule has 4 rings (SSSR count). The molecule has 1 amide bonds. The molecule has 3 aromatic rings. The maximum atomic E-state index is 15.7. The molecule has 1 aromatic heterocycles. The van der Waals surface area contributed by atoms with Gasteiger partial charge in [-0.05, 0) is 43.0 Å². The van der Waals surface area contributed by atoms with Crippen LogP contribution in [-0.2, 0) is 11.4 Å². The number of hydrogen-bond donors (Lipinski definition) is 3. The second kappa shape index (κ2) is 10.8. The Morgan fingerprint density at radius 1 is 1.30 bits per heavy atom. The summed E-state index contributed by atoms with van der Waals surface area (Å²) in [6.07, 6.45) is 7.54. The van der Waals surface area contributed by atoms with E-state index in [1.807, 2.05) is 4.57 Å². The summed E-state index contributed by atoms with van der Waals surface area (Å²) in [5.41, 5.74) is 3.40. The van der Waals surface area contributed by atoms with Crippen molar-refractivity contribution >= 4 is 55.8 Å². The number of benzene rings is 2. The Bertz CT molecular complexity index is 1150. The Labute approximate surface area is 204 Å². The van der Waals surface area contributed by atoms with Crippen molar-refractivity contribution in [3.63, 3.8) is 0 Å². The number of carbonyl (C=O) groups is 1. The third kappa shape index (κ3) is 5.48. The van der Waals surface area contributed by atoms with Crippen molar-refractivity contribution in [3.05, 3.63) is 51.5 Å². The lowest BCUT2D eigenvalue weighted by atomic mass is 9.89. The Morgan fingerprint density at radius 3 is 2.82 bits per heavy atom. The molecule has 0 saturated heterocycles. The Hall–Kier alpha value is -2.20. The van der Waals surface area contributed by atoms with Crippen LogP contribution in [0.25, 0.3) is 11.0 Å². The monoisotopic (exact) mass is 538 g/mol. The Kier molecular flexibility index (Phi) is 7.85. The summed E-state index contributed by atoms with van der Waals surface area (Å²) in [5, 5.41) is 12.2. The first-order valence-corrected chi connectivity index (χ1v) is 12.1. The van der Waals surface area contributed by atoms with Gasteiger partial charge in [-0.1, -0.05) is 46.8 Å². The first-order chi connectivity index (χ1) is 16.0. The summed E-state index contributed by atoms with van der Waals surface area (Å²) in [6, 6.07) is 6.72. The number of aromatic nitrogens is 2. The Balaban J connectivity index is 1.74. The van der Waals surface area contributed by atoms with Gasteiger partial charge in [-0.15, -0.1) is 0 Å². The molecule has 0 spiro atoms. The van der Waals surface area contributed by atoms with Crippen LogP contribution in [0.4, 0.5) is 15.8 Å². The molecule has 1 saturated carbocycles. The topological polar surface area (TPSA) is 88.4 Å². The number of aliphatic hydroxyl groups excluding tert-OH is 1. The first kappa shape index (κ1) is 23.9. The van der Waals surface area contributed by atoms with Gasteiger partial charge in [-0.25, -0.2) is 14.9 Å². The molecule has 10 heteroatoms. The highest BCUT2D eigenvalue weighted by Crippen LogP contribution is 2.35. The predicted octanol–water partition coefficient (Wildman–Crippen LogP) is 5.57. The molecular formula is C23H25BrClFN4O3. The first-order valence-electron chi connectivity index (χ1n) is 10.9. The standard InChI is InChI=1S/C23H25BrClFN4O3/c24-15-6-7-18(17(25)10-15)28-21-16(23(32)29-33-9-8-31)11-19-22(20(21)26)27-13-30(19)12-14-4-2-1-3-5-14/h6-7,10-11,13-14,28,31H,1-5,8-9,12H2,(H,29,32). The molecule has 176 valence electrons. The smallest absolute Gasteiger partial charge is 0.277 e. The van der Waals surface area contributed by atoms with E-state index in [4.69, 9.17) is 21.5 Å². The highest BCUT2D eigenvalue weighted by Gasteiger charge is 2.24. The number of hydroxylamine groups is 1. The highest BCUT2D eigenvalue weighted by molar-refractivity contribution is 9.10. The molecule has 0 radical (unpaired) electrons. The van der Waals surface area contributed by atoms with Gasteiger partial charge in [0.25, 0.3) is 5.91 Å². The molecule has 0 aliphatic heterocycles. The van der Waals surface area contributed by atoms with Crippen LogP contribution in [0.2, 0.25) is 5.02 Å². The fraction of sp³-hybridized carbons (Fsp3) is 0.391. The largest absolute Gasteiger partial charge is 0.394 e. The van der Waals surface area contributed by atoms with Gasteiger partial charge in [0.2, 0.25) is 0 Å². The van der Waals surface area contributed by atoms with Crippen LogP contribution in [0, 0.1) is 11.7 Å². The minimum atomic E-state index is -0.652. The van der Waals surface area contributed by atoms with E-state index in [0.717, 1.165) is 23.9 Å². The zero-order valence-electron chi connectivity index (χ0n) is 17.9. The lowest BCUT2D eigenvalue weighted by Gasteiger charge is -2.22. The summed E-state index contributed by atoms with van der Waals surface area (Å²) >= 11 is 9.65. The lowest BCUT2D eigenvalue weighted by molar-refractivity contribution is 0.0169. The summed E-state index contributed by atoms with van der Waals surface area (Å²) < 4.78 is 18.4. The maximum Gasteiger partial charge on any atom is 0.277 e. The van der Waals surface area contributed by atoms with Gasteiger partial charge in [0.15, 0.2) is 5.82 Å². The van der Waals surface area contributed by atoms with Crippen molar-refractivity contribution < 1.29 is 19.1 Å². The summed E-state index contributed by atoms with van der Waals surface area (Å²) in [6.45, 7) is 0.377. The molecule has 0 bridgehead atoms. The van der Waals surface area contributed by atoms with Crippen molar-refractivity contribution in [2.75, 3.05) is 18.5 Å². The molecule has 1 fully saturated rings. The number of nitrogens with zero attached hydrogens (tertiary/aromatic N) is 2. The van der Waals surface area contributed by atoms with Crippen LogP contribution < -0.4 is 10.8 Å². The van der Waals surface area contributed by atoms with Crippen LogP contribution in [-0.4, -0.2) is 33.8 Å². The van der Waals surface area contributed by atoms with Crippen LogP contribution in [0.3, 0.4) is 0 Å². The zero-order valence-corrected chi connectivity index (χ0v) is 20.3. The SMILES string of the molecule is O=C(NOCCO)c1cc2c(ncn2CC2CCCCC2)c(F)c1Nc1ccc(Br)cc1Cl. The number of rotatable bonds is 8. The molecular weight excluding hydrogens is 515 g/mol. The van der Waals surface area contributed by atoms with E-state index in [1.54, 1.807) is 30.6 Å². The third-order valence-electron chi connectivity index (χ3n) is 5.83. The summed E-state index contributed by atoms with van der Waals surface area (Å²) in [5.74, 6) is -0.796. The summed E-state index contributed by atoms with van der Waals surface area (Å²) in [4.78, 5) is 22.2. The van der Waals surface area contributed by atoms with E-state index in [2.05, 4.69) is 31.7 Å². The van der Waals surface area contributed by atoms with E-state index in [1.165, 1.54) is 19.3 Å². The van der Waals surface area contributed by atoms with Crippen LogP contribution >= 0.6 is 27.5 Å². The molecule has 7 nitrogen and oxygen atoms in total. The number of imidazole rings is 1. The molecule has 1 aliphatic rings. The second-order valence-corrected chi connectivity index (χ2v) is 9.46.